The van der Waals surface area contributed by atoms with Gasteiger partial charge in [-0.05, 0) is 49.1 Å². The smallest absolute Gasteiger partial charge is 0.341 e. The summed E-state index contributed by atoms with van der Waals surface area (Å²) in [7, 11) is 0. The molecule has 1 aliphatic carbocycles. The molecule has 3 heterocycles. The fraction of sp³-hybridized carbons (Fsp3) is 0.480. The molecular formula is C25H28FN3O3. The molecule has 1 N–H and O–H groups in total. The summed E-state index contributed by atoms with van der Waals surface area (Å²) in [6.45, 7) is 9.92. The Labute approximate surface area is 185 Å². The van der Waals surface area contributed by atoms with Gasteiger partial charge in [-0.3, -0.25) is 9.78 Å². The van der Waals surface area contributed by atoms with Crippen LogP contribution >= 0.6 is 0 Å². The van der Waals surface area contributed by atoms with Crippen LogP contribution in [-0.4, -0.2) is 33.2 Å². The average molecular weight is 438 g/mol. The second kappa shape index (κ2) is 6.77. The van der Waals surface area contributed by atoms with Crippen LogP contribution in [0.15, 0.2) is 29.3 Å². The van der Waals surface area contributed by atoms with Crippen molar-refractivity contribution in [1.82, 2.24) is 9.55 Å². The standard InChI is InChI=1S/C25H28FN3O3/c1-5-28-11-16(23(31)32)22(30)19-15-6-7-17(26)21(20(15)27-10-18(19)28)29-13-25(4)9-14(29)8-24(2,3)12-25/h6-7,10-11,14H,5,8-9,12-13H2,1-4H3,(H,31,32). The van der Waals surface area contributed by atoms with Gasteiger partial charge in [-0.25, -0.2) is 9.18 Å². The molecule has 7 heteroatoms. The number of aromatic nitrogens is 2. The summed E-state index contributed by atoms with van der Waals surface area (Å²) in [5.74, 6) is -1.63. The van der Waals surface area contributed by atoms with Crippen molar-refractivity contribution in [2.24, 2.45) is 10.8 Å². The van der Waals surface area contributed by atoms with E-state index in [4.69, 9.17) is 0 Å². The van der Waals surface area contributed by atoms with Crippen molar-refractivity contribution in [1.29, 1.82) is 0 Å². The fourth-order valence-corrected chi connectivity index (χ4v) is 6.50. The molecule has 2 fully saturated rings. The molecule has 1 aromatic carbocycles. The summed E-state index contributed by atoms with van der Waals surface area (Å²) in [6.07, 6.45) is 5.99. The molecule has 0 amide bonds. The fourth-order valence-electron chi connectivity index (χ4n) is 6.50. The zero-order valence-corrected chi connectivity index (χ0v) is 18.9. The van der Waals surface area contributed by atoms with Gasteiger partial charge in [0.05, 0.1) is 28.3 Å². The lowest BCUT2D eigenvalue weighted by atomic mass is 9.65. The number of halogens is 1. The summed E-state index contributed by atoms with van der Waals surface area (Å²) >= 11 is 0. The minimum atomic E-state index is -1.27. The van der Waals surface area contributed by atoms with Gasteiger partial charge in [0.25, 0.3) is 0 Å². The highest BCUT2D eigenvalue weighted by molar-refractivity contribution is 6.09. The van der Waals surface area contributed by atoms with Gasteiger partial charge in [0.1, 0.15) is 11.4 Å². The lowest BCUT2D eigenvalue weighted by Gasteiger charge is -2.39. The summed E-state index contributed by atoms with van der Waals surface area (Å²) in [5, 5.41) is 10.4. The van der Waals surface area contributed by atoms with Crippen molar-refractivity contribution in [3.05, 3.63) is 46.1 Å². The first-order valence-electron chi connectivity index (χ1n) is 11.2. The van der Waals surface area contributed by atoms with Gasteiger partial charge in [-0.2, -0.15) is 0 Å². The zero-order valence-electron chi connectivity index (χ0n) is 18.9. The van der Waals surface area contributed by atoms with Crippen LogP contribution in [0.4, 0.5) is 10.1 Å². The second-order valence-electron chi connectivity index (χ2n) is 10.6. The van der Waals surface area contributed by atoms with Gasteiger partial charge in [-0.1, -0.05) is 20.8 Å². The monoisotopic (exact) mass is 437 g/mol. The van der Waals surface area contributed by atoms with Crippen LogP contribution in [0.1, 0.15) is 57.3 Å². The van der Waals surface area contributed by atoms with E-state index >= 15 is 4.39 Å². The number of anilines is 1. The number of carboxylic acids is 1. The summed E-state index contributed by atoms with van der Waals surface area (Å²) < 4.78 is 17.1. The predicted octanol–water partition coefficient (Wildman–Crippen LogP) is 4.81. The van der Waals surface area contributed by atoms with Gasteiger partial charge in [0.2, 0.25) is 5.43 Å². The van der Waals surface area contributed by atoms with Crippen molar-refractivity contribution < 1.29 is 14.3 Å². The van der Waals surface area contributed by atoms with Crippen molar-refractivity contribution in [2.45, 2.75) is 59.5 Å². The Hall–Kier alpha value is -2.96. The van der Waals surface area contributed by atoms with Crippen molar-refractivity contribution >= 4 is 33.5 Å². The van der Waals surface area contributed by atoms with E-state index in [0.29, 0.717) is 28.7 Å². The Kier molecular flexibility index (Phi) is 4.42. The van der Waals surface area contributed by atoms with E-state index in [2.05, 4.69) is 30.7 Å². The number of rotatable bonds is 3. The lowest BCUT2D eigenvalue weighted by Crippen LogP contribution is -2.35. The maximum Gasteiger partial charge on any atom is 0.341 e. The van der Waals surface area contributed by atoms with E-state index in [-0.39, 0.29) is 33.6 Å². The molecular weight excluding hydrogens is 409 g/mol. The lowest BCUT2D eigenvalue weighted by molar-refractivity contribution is 0.0695. The van der Waals surface area contributed by atoms with Crippen LogP contribution in [0.5, 0.6) is 0 Å². The summed E-state index contributed by atoms with van der Waals surface area (Å²) in [4.78, 5) is 31.6. The first kappa shape index (κ1) is 20.9. The Bertz CT molecular complexity index is 1350. The van der Waals surface area contributed by atoms with Gasteiger partial charge in [-0.15, -0.1) is 0 Å². The molecule has 32 heavy (non-hydrogen) atoms. The van der Waals surface area contributed by atoms with Gasteiger partial charge in [0.15, 0.2) is 0 Å². The minimum absolute atomic E-state index is 0.100. The Balaban J connectivity index is 1.80. The number of hydrogen-bond acceptors (Lipinski definition) is 4. The van der Waals surface area contributed by atoms with E-state index in [9.17, 15) is 14.7 Å². The second-order valence-corrected chi connectivity index (χ2v) is 10.6. The van der Waals surface area contributed by atoms with Crippen molar-refractivity contribution in [3.8, 4) is 0 Å². The number of carbonyl (C=O) groups is 1. The number of hydrogen-bond donors (Lipinski definition) is 1. The number of fused-ring (bicyclic) bond motifs is 5. The topological polar surface area (TPSA) is 75.4 Å². The number of aryl methyl sites for hydroxylation is 1. The Morgan fingerprint density at radius 2 is 2.03 bits per heavy atom. The molecule has 0 spiro atoms. The van der Waals surface area contributed by atoms with Gasteiger partial charge >= 0.3 is 5.97 Å². The highest BCUT2D eigenvalue weighted by Gasteiger charge is 2.50. The SMILES string of the molecule is CCn1cc(C(=O)O)c(=O)c2c3ccc(F)c(N4CC5(C)CC4CC(C)(C)C5)c3ncc21. The van der Waals surface area contributed by atoms with Crippen LogP contribution < -0.4 is 10.3 Å². The summed E-state index contributed by atoms with van der Waals surface area (Å²) in [5.41, 5.74) is 0.843. The quantitative estimate of drug-likeness (QED) is 0.595. The van der Waals surface area contributed by atoms with Crippen LogP contribution in [0, 0.1) is 16.6 Å². The Morgan fingerprint density at radius 1 is 1.28 bits per heavy atom. The number of nitrogens with zero attached hydrogens (tertiary/aromatic N) is 3. The van der Waals surface area contributed by atoms with Gasteiger partial charge < -0.3 is 14.6 Å². The maximum atomic E-state index is 15.3. The van der Waals surface area contributed by atoms with Crippen LogP contribution in [0.25, 0.3) is 21.8 Å². The molecule has 2 aliphatic rings. The minimum Gasteiger partial charge on any atom is -0.477 e. The van der Waals surface area contributed by atoms with Crippen LogP contribution in [0.2, 0.25) is 0 Å². The normalized spacial score (nSPS) is 24.4. The van der Waals surface area contributed by atoms with Gasteiger partial charge in [0, 0.05) is 30.7 Å². The number of pyridine rings is 2. The molecule has 2 aromatic heterocycles. The molecule has 1 saturated heterocycles. The van der Waals surface area contributed by atoms with E-state index < -0.39 is 11.4 Å². The largest absolute Gasteiger partial charge is 0.477 e. The van der Waals surface area contributed by atoms with Crippen LogP contribution in [-0.2, 0) is 6.54 Å². The molecule has 1 saturated carbocycles. The molecule has 2 bridgehead atoms. The summed E-state index contributed by atoms with van der Waals surface area (Å²) in [6, 6.07) is 3.15. The molecule has 2 unspecified atom stereocenters. The highest BCUT2D eigenvalue weighted by Crippen LogP contribution is 2.54. The van der Waals surface area contributed by atoms with E-state index in [1.807, 2.05) is 6.92 Å². The van der Waals surface area contributed by atoms with Crippen molar-refractivity contribution in [2.75, 3.05) is 11.4 Å². The van der Waals surface area contributed by atoms with E-state index in [1.54, 1.807) is 16.8 Å². The number of benzene rings is 1. The zero-order chi connectivity index (χ0) is 23.0. The first-order chi connectivity index (χ1) is 15.0. The molecule has 1 aliphatic heterocycles. The number of aromatic carboxylic acids is 1. The molecule has 2 atom stereocenters. The van der Waals surface area contributed by atoms with Crippen LogP contribution in [0.3, 0.4) is 0 Å². The van der Waals surface area contributed by atoms with E-state index in [1.165, 1.54) is 12.3 Å². The molecule has 5 rings (SSSR count). The molecule has 0 radical (unpaired) electrons. The molecule has 3 aromatic rings. The molecule has 6 nitrogen and oxygen atoms in total. The Morgan fingerprint density at radius 3 is 2.72 bits per heavy atom. The average Bonchev–Trinajstić information content (AvgIpc) is 2.95. The number of carboxylic acid groups (broad SMARTS) is 1. The third-order valence-corrected chi connectivity index (χ3v) is 7.28. The predicted molar refractivity (Wildman–Crippen MR) is 123 cm³/mol. The molecule has 168 valence electrons. The maximum absolute atomic E-state index is 15.3. The third-order valence-electron chi connectivity index (χ3n) is 7.28. The van der Waals surface area contributed by atoms with E-state index in [0.717, 1.165) is 25.8 Å². The van der Waals surface area contributed by atoms with Crippen molar-refractivity contribution in [3.63, 3.8) is 0 Å². The third kappa shape index (κ3) is 3.01. The highest BCUT2D eigenvalue weighted by atomic mass is 19.1. The first-order valence-corrected chi connectivity index (χ1v) is 11.2.